The number of ether oxygens (including phenoxy) is 2. The van der Waals surface area contributed by atoms with Gasteiger partial charge in [0.25, 0.3) is 11.6 Å². The number of hydrogen-bond donors (Lipinski definition) is 1. The van der Waals surface area contributed by atoms with Crippen LogP contribution in [0.25, 0.3) is 0 Å². The summed E-state index contributed by atoms with van der Waals surface area (Å²) in [6.07, 6.45) is 1.45. The lowest BCUT2D eigenvalue weighted by Crippen LogP contribution is -2.17. The number of nitro groups is 1. The molecule has 0 spiro atoms. The molecule has 8 nitrogen and oxygen atoms in total. The number of hydrogen-bond acceptors (Lipinski definition) is 6. The molecule has 1 N–H and O–H groups in total. The number of benzene rings is 3. The maximum absolute atomic E-state index is 12.2. The Morgan fingerprint density at radius 2 is 1.91 bits per heavy atom. The van der Waals surface area contributed by atoms with Crippen molar-refractivity contribution in [2.24, 2.45) is 5.10 Å². The smallest absolute Gasteiger partial charge is 0.271 e. The summed E-state index contributed by atoms with van der Waals surface area (Å²) < 4.78 is 12.3. The Labute approximate surface area is 193 Å². The molecule has 0 bridgehead atoms. The van der Waals surface area contributed by atoms with Crippen molar-refractivity contribution in [3.8, 4) is 11.5 Å². The van der Waals surface area contributed by atoms with E-state index in [-0.39, 0.29) is 11.3 Å². The van der Waals surface area contributed by atoms with E-state index in [0.29, 0.717) is 34.7 Å². The number of hydrazone groups is 1. The first kappa shape index (κ1) is 23.0. The van der Waals surface area contributed by atoms with Crippen molar-refractivity contribution < 1.29 is 19.2 Å². The van der Waals surface area contributed by atoms with E-state index in [1.165, 1.54) is 30.5 Å². The summed E-state index contributed by atoms with van der Waals surface area (Å²) in [6, 6.07) is 18.7. The van der Waals surface area contributed by atoms with Crippen LogP contribution in [-0.4, -0.2) is 23.7 Å². The van der Waals surface area contributed by atoms with Gasteiger partial charge < -0.3 is 9.47 Å². The molecule has 9 heteroatoms. The second-order valence-corrected chi connectivity index (χ2v) is 7.40. The highest BCUT2D eigenvalue weighted by molar-refractivity contribution is 9.10. The van der Waals surface area contributed by atoms with E-state index >= 15 is 0 Å². The molecule has 0 saturated carbocycles. The third-order valence-electron chi connectivity index (χ3n) is 4.26. The highest BCUT2D eigenvalue weighted by Crippen LogP contribution is 2.37. The number of rotatable bonds is 9. The maximum Gasteiger partial charge on any atom is 0.271 e. The zero-order valence-corrected chi connectivity index (χ0v) is 18.7. The second-order valence-electron chi connectivity index (χ2n) is 6.54. The summed E-state index contributed by atoms with van der Waals surface area (Å²) >= 11 is 3.50. The lowest BCUT2D eigenvalue weighted by atomic mass is 10.2. The molecule has 0 aromatic heterocycles. The van der Waals surface area contributed by atoms with E-state index in [2.05, 4.69) is 26.5 Å². The van der Waals surface area contributed by atoms with Gasteiger partial charge in [0, 0.05) is 17.7 Å². The molecule has 0 aliphatic rings. The van der Waals surface area contributed by atoms with E-state index in [1.807, 2.05) is 37.3 Å². The van der Waals surface area contributed by atoms with Crippen LogP contribution in [0.3, 0.4) is 0 Å². The summed E-state index contributed by atoms with van der Waals surface area (Å²) in [5.74, 6) is 0.537. The minimum Gasteiger partial charge on any atom is -0.490 e. The molecule has 0 radical (unpaired) electrons. The molecule has 0 atom stereocenters. The maximum atomic E-state index is 12.2. The quantitative estimate of drug-likeness (QED) is 0.251. The lowest BCUT2D eigenvalue weighted by Gasteiger charge is -2.14. The molecule has 0 saturated heterocycles. The molecule has 3 aromatic rings. The largest absolute Gasteiger partial charge is 0.490 e. The van der Waals surface area contributed by atoms with Gasteiger partial charge in [-0.05, 0) is 52.2 Å². The van der Waals surface area contributed by atoms with Crippen LogP contribution in [0.5, 0.6) is 11.5 Å². The lowest BCUT2D eigenvalue weighted by molar-refractivity contribution is -0.384. The predicted molar refractivity (Wildman–Crippen MR) is 124 cm³/mol. The molecule has 1 amide bonds. The summed E-state index contributed by atoms with van der Waals surface area (Å²) in [7, 11) is 0. The number of halogens is 1. The van der Waals surface area contributed by atoms with Gasteiger partial charge in [0.05, 0.1) is 22.2 Å². The average Bonchev–Trinajstić information content (AvgIpc) is 2.79. The van der Waals surface area contributed by atoms with Gasteiger partial charge in [-0.3, -0.25) is 14.9 Å². The second kappa shape index (κ2) is 11.1. The van der Waals surface area contributed by atoms with E-state index in [0.717, 1.165) is 5.56 Å². The average molecular weight is 498 g/mol. The van der Waals surface area contributed by atoms with Gasteiger partial charge >= 0.3 is 0 Å². The van der Waals surface area contributed by atoms with Crippen LogP contribution < -0.4 is 14.9 Å². The number of non-ortho nitro benzene ring substituents is 1. The molecule has 3 aromatic carbocycles. The molecule has 0 heterocycles. The first-order valence-corrected chi connectivity index (χ1v) is 10.5. The Morgan fingerprint density at radius 1 is 1.12 bits per heavy atom. The first-order chi connectivity index (χ1) is 15.5. The normalized spacial score (nSPS) is 10.7. The Hall–Kier alpha value is -3.72. The van der Waals surface area contributed by atoms with Crippen molar-refractivity contribution in [2.75, 3.05) is 6.61 Å². The van der Waals surface area contributed by atoms with Crippen LogP contribution in [0.15, 0.2) is 76.3 Å². The summed E-state index contributed by atoms with van der Waals surface area (Å²) in [4.78, 5) is 22.5. The molecule has 164 valence electrons. The van der Waals surface area contributed by atoms with E-state index in [9.17, 15) is 14.9 Å². The van der Waals surface area contributed by atoms with Crippen LogP contribution in [0.1, 0.15) is 28.4 Å². The van der Waals surface area contributed by atoms with Crippen LogP contribution in [0.2, 0.25) is 0 Å². The minimum absolute atomic E-state index is 0.136. The van der Waals surface area contributed by atoms with Gasteiger partial charge in [-0.15, -0.1) is 0 Å². The first-order valence-electron chi connectivity index (χ1n) is 9.69. The number of nitro benzene ring substituents is 1. The molecule has 32 heavy (non-hydrogen) atoms. The fourth-order valence-electron chi connectivity index (χ4n) is 2.79. The molecule has 0 aliphatic carbocycles. The molecule has 0 fully saturated rings. The van der Waals surface area contributed by atoms with Crippen LogP contribution in [0, 0.1) is 10.1 Å². The van der Waals surface area contributed by atoms with Gasteiger partial charge in [0.1, 0.15) is 6.61 Å². The molecule has 0 unspecified atom stereocenters. The van der Waals surface area contributed by atoms with Crippen LogP contribution in [0.4, 0.5) is 5.69 Å². The highest BCUT2D eigenvalue weighted by atomic mass is 79.9. The van der Waals surface area contributed by atoms with Gasteiger partial charge in [-0.1, -0.05) is 36.4 Å². The van der Waals surface area contributed by atoms with Gasteiger partial charge in [0.2, 0.25) is 0 Å². The van der Waals surface area contributed by atoms with Gasteiger partial charge in [-0.2, -0.15) is 5.10 Å². The molecule has 3 rings (SSSR count). The third kappa shape index (κ3) is 6.14. The topological polar surface area (TPSA) is 103 Å². The van der Waals surface area contributed by atoms with Gasteiger partial charge in [-0.25, -0.2) is 5.43 Å². The third-order valence-corrected chi connectivity index (χ3v) is 4.85. The van der Waals surface area contributed by atoms with Crippen molar-refractivity contribution in [1.82, 2.24) is 5.43 Å². The predicted octanol–water partition coefficient (Wildman–Crippen LogP) is 5.10. The molecule has 0 aliphatic heterocycles. The summed E-state index contributed by atoms with van der Waals surface area (Å²) in [5, 5.41) is 14.8. The number of nitrogens with one attached hydrogen (secondary N) is 1. The zero-order chi connectivity index (χ0) is 22.9. The summed E-state index contributed by atoms with van der Waals surface area (Å²) in [5.41, 5.74) is 4.02. The SMILES string of the molecule is CCOc1cc(/C=N\NC(=O)c2cccc([N+](=O)[O-])c2)cc(Br)c1OCc1ccccc1. The fraction of sp³-hybridized carbons (Fsp3) is 0.130. The Kier molecular flexibility index (Phi) is 7.93. The number of carbonyl (C=O) groups is 1. The van der Waals surface area contributed by atoms with Crippen molar-refractivity contribution in [3.63, 3.8) is 0 Å². The van der Waals surface area contributed by atoms with E-state index in [1.54, 1.807) is 12.1 Å². The van der Waals surface area contributed by atoms with Crippen LogP contribution in [-0.2, 0) is 6.61 Å². The minimum atomic E-state index is -0.561. The number of amides is 1. The molecular weight excluding hydrogens is 478 g/mol. The highest BCUT2D eigenvalue weighted by Gasteiger charge is 2.13. The Morgan fingerprint density at radius 3 is 2.62 bits per heavy atom. The summed E-state index contributed by atoms with van der Waals surface area (Å²) in [6.45, 7) is 2.69. The standard InChI is InChI=1S/C23H20BrN3O5/c1-2-31-21-12-17(11-20(24)22(21)32-15-16-7-4-3-5-8-16)14-25-26-23(28)18-9-6-10-19(13-18)27(29)30/h3-14H,2,15H2,1H3,(H,26,28)/b25-14-. The van der Waals surface area contributed by atoms with Crippen molar-refractivity contribution in [1.29, 1.82) is 0 Å². The Balaban J connectivity index is 1.72. The van der Waals surface area contributed by atoms with Crippen molar-refractivity contribution in [3.05, 3.63) is 98.0 Å². The van der Waals surface area contributed by atoms with Crippen LogP contribution >= 0.6 is 15.9 Å². The van der Waals surface area contributed by atoms with Crippen molar-refractivity contribution in [2.45, 2.75) is 13.5 Å². The monoisotopic (exact) mass is 497 g/mol. The van der Waals surface area contributed by atoms with E-state index in [4.69, 9.17) is 9.47 Å². The molecular formula is C23H20BrN3O5. The fourth-order valence-corrected chi connectivity index (χ4v) is 3.36. The van der Waals surface area contributed by atoms with Crippen molar-refractivity contribution >= 4 is 33.7 Å². The number of nitrogens with zero attached hydrogens (tertiary/aromatic N) is 2. The zero-order valence-electron chi connectivity index (χ0n) is 17.2. The van der Waals surface area contributed by atoms with E-state index < -0.39 is 10.8 Å². The Bertz CT molecular complexity index is 1140. The van der Waals surface area contributed by atoms with Gasteiger partial charge in [0.15, 0.2) is 11.5 Å². The number of carbonyl (C=O) groups excluding carboxylic acids is 1.